The van der Waals surface area contributed by atoms with Crippen LogP contribution in [0.25, 0.3) is 0 Å². The van der Waals surface area contributed by atoms with Crippen molar-refractivity contribution < 1.29 is 80.2 Å². The number of phosphoric ester groups is 2. The zero-order valence-electron chi connectivity index (χ0n) is 66.1. The van der Waals surface area contributed by atoms with Gasteiger partial charge in [-0.05, 0) is 173 Å². The number of hydrogen-bond acceptors (Lipinski definition) is 15. The second-order valence-electron chi connectivity index (χ2n) is 26.6. The van der Waals surface area contributed by atoms with E-state index in [1.165, 1.54) is 57.8 Å². The van der Waals surface area contributed by atoms with Crippen LogP contribution in [0.1, 0.15) is 310 Å². The normalized spacial score (nSPS) is 14.7. The van der Waals surface area contributed by atoms with E-state index in [2.05, 4.69) is 174 Å². The Morgan fingerprint density at radius 1 is 0.274 bits per heavy atom. The maximum absolute atomic E-state index is 13.1. The van der Waals surface area contributed by atoms with Gasteiger partial charge in [0.25, 0.3) is 0 Å². The van der Waals surface area contributed by atoms with Crippen molar-refractivity contribution >= 4 is 39.5 Å². The lowest BCUT2D eigenvalue weighted by atomic mass is 10.1. The van der Waals surface area contributed by atoms with Crippen LogP contribution in [0.5, 0.6) is 0 Å². The lowest BCUT2D eigenvalue weighted by Gasteiger charge is -2.21. The van der Waals surface area contributed by atoms with Crippen molar-refractivity contribution in [3.05, 3.63) is 158 Å². The van der Waals surface area contributed by atoms with Gasteiger partial charge in [-0.3, -0.25) is 37.3 Å². The van der Waals surface area contributed by atoms with E-state index in [-0.39, 0.29) is 25.7 Å². The fraction of sp³-hybridized carbons (Fsp3) is 0.655. The number of carbonyl (C=O) groups excluding carboxylic acids is 4. The molecule has 5 atom stereocenters. The van der Waals surface area contributed by atoms with Gasteiger partial charge in [0.15, 0.2) is 12.2 Å². The van der Waals surface area contributed by atoms with Crippen LogP contribution in [0.15, 0.2) is 158 Å². The largest absolute Gasteiger partial charge is 0.472 e. The second kappa shape index (κ2) is 77.8. The zero-order chi connectivity index (χ0) is 77.4. The number of esters is 4. The van der Waals surface area contributed by atoms with Crippen LogP contribution >= 0.6 is 15.6 Å². The molecule has 604 valence electrons. The highest BCUT2D eigenvalue weighted by Gasteiger charge is 2.30. The van der Waals surface area contributed by atoms with E-state index in [4.69, 9.17) is 37.0 Å². The highest BCUT2D eigenvalue weighted by atomic mass is 31.2. The number of hydrogen-bond donors (Lipinski definition) is 3. The minimum Gasteiger partial charge on any atom is -0.462 e. The summed E-state index contributed by atoms with van der Waals surface area (Å²) in [4.78, 5) is 73.1. The molecule has 2 unspecified atom stereocenters. The third-order valence-electron chi connectivity index (χ3n) is 16.4. The Hall–Kier alpha value is -5.32. The van der Waals surface area contributed by atoms with E-state index in [9.17, 15) is 43.2 Å². The summed E-state index contributed by atoms with van der Waals surface area (Å²) in [6, 6.07) is 0. The molecule has 3 N–H and O–H groups in total. The zero-order valence-corrected chi connectivity index (χ0v) is 67.8. The lowest BCUT2D eigenvalue weighted by Crippen LogP contribution is -2.30. The monoisotopic (exact) mass is 1520 g/mol. The predicted octanol–water partition coefficient (Wildman–Crippen LogP) is 24.0. The van der Waals surface area contributed by atoms with Gasteiger partial charge in [0.05, 0.1) is 26.4 Å². The van der Waals surface area contributed by atoms with Gasteiger partial charge in [-0.15, -0.1) is 0 Å². The van der Waals surface area contributed by atoms with Crippen molar-refractivity contribution in [2.75, 3.05) is 39.6 Å². The van der Waals surface area contributed by atoms with Crippen molar-refractivity contribution in [2.24, 2.45) is 0 Å². The number of carbonyl (C=O) groups is 4. The molecule has 0 spiro atoms. The first-order valence-electron chi connectivity index (χ1n) is 40.7. The predicted molar refractivity (Wildman–Crippen MR) is 436 cm³/mol. The van der Waals surface area contributed by atoms with Crippen LogP contribution in [0.3, 0.4) is 0 Å². The SMILES string of the molecule is CC/C=C\C/C=C\C/C=C\C/C=C\C/C=C\CCCCCC(=O)O[C@H](COC(=O)CCCCCCC/C=C\C/C=C\CCCCC)COP(=O)(O)OC[C@H](O)COP(=O)(O)OC[C@@H](COC(=O)CCC/C=C\C/C=C\C/C=C\C/C=C\CCCCC)OC(=O)CCCCCCC/C=C\C/C=C\CCCCC. The van der Waals surface area contributed by atoms with Crippen LogP contribution in [-0.2, 0) is 65.4 Å². The molecule has 0 heterocycles. The van der Waals surface area contributed by atoms with Crippen molar-refractivity contribution in [1.82, 2.24) is 0 Å². The first-order valence-corrected chi connectivity index (χ1v) is 43.7. The van der Waals surface area contributed by atoms with Gasteiger partial charge in [0.1, 0.15) is 19.3 Å². The summed E-state index contributed by atoms with van der Waals surface area (Å²) >= 11 is 0. The second-order valence-corrected chi connectivity index (χ2v) is 29.5. The molecular formula is C87H144O17P2. The molecule has 0 saturated heterocycles. The summed E-state index contributed by atoms with van der Waals surface area (Å²) in [7, 11) is -10.0. The van der Waals surface area contributed by atoms with Gasteiger partial charge in [-0.1, -0.05) is 269 Å². The topological polar surface area (TPSA) is 237 Å². The maximum Gasteiger partial charge on any atom is 0.472 e. The van der Waals surface area contributed by atoms with E-state index < -0.39 is 97.5 Å². The quantitative estimate of drug-likeness (QED) is 0.0169. The van der Waals surface area contributed by atoms with Crippen molar-refractivity contribution in [3.63, 3.8) is 0 Å². The highest BCUT2D eigenvalue weighted by Crippen LogP contribution is 2.45. The first-order chi connectivity index (χ1) is 51.7. The first kappa shape index (κ1) is 101. The number of allylic oxidation sites excluding steroid dienone is 26. The molecule has 0 aliphatic rings. The summed E-state index contributed by atoms with van der Waals surface area (Å²) in [6.45, 7) is 4.55. The van der Waals surface area contributed by atoms with Crippen molar-refractivity contribution in [2.45, 2.75) is 329 Å². The van der Waals surface area contributed by atoms with Crippen LogP contribution in [0, 0.1) is 0 Å². The Bertz CT molecular complexity index is 2630. The molecule has 17 nitrogen and oxygen atoms in total. The molecule has 0 rings (SSSR count). The highest BCUT2D eigenvalue weighted by molar-refractivity contribution is 7.47. The van der Waals surface area contributed by atoms with Gasteiger partial charge >= 0.3 is 39.5 Å². The van der Waals surface area contributed by atoms with Crippen molar-refractivity contribution in [1.29, 1.82) is 0 Å². The Morgan fingerprint density at radius 2 is 0.500 bits per heavy atom. The fourth-order valence-electron chi connectivity index (χ4n) is 10.2. The summed E-state index contributed by atoms with van der Waals surface area (Å²) in [5.74, 6) is -2.31. The number of ether oxygens (including phenoxy) is 4. The molecule has 0 aromatic heterocycles. The smallest absolute Gasteiger partial charge is 0.462 e. The maximum atomic E-state index is 13.1. The van der Waals surface area contributed by atoms with E-state index in [1.807, 2.05) is 12.2 Å². The van der Waals surface area contributed by atoms with Gasteiger partial charge < -0.3 is 33.8 Å². The van der Waals surface area contributed by atoms with E-state index in [0.717, 1.165) is 167 Å². The third-order valence-corrected chi connectivity index (χ3v) is 18.3. The van der Waals surface area contributed by atoms with Gasteiger partial charge in [0.2, 0.25) is 0 Å². The summed E-state index contributed by atoms with van der Waals surface area (Å²) in [5, 5.41) is 10.7. The number of aliphatic hydroxyl groups is 1. The number of unbranched alkanes of at least 4 members (excludes halogenated alkanes) is 23. The van der Waals surface area contributed by atoms with Gasteiger partial charge in [-0.2, -0.15) is 0 Å². The van der Waals surface area contributed by atoms with Gasteiger partial charge in [0, 0.05) is 25.7 Å². The third kappa shape index (κ3) is 76.9. The molecule has 0 radical (unpaired) electrons. The van der Waals surface area contributed by atoms with Gasteiger partial charge in [-0.25, -0.2) is 9.13 Å². The average Bonchev–Trinajstić information content (AvgIpc) is 0.908. The Labute approximate surface area is 642 Å². The van der Waals surface area contributed by atoms with Crippen LogP contribution in [0.4, 0.5) is 0 Å². The van der Waals surface area contributed by atoms with Crippen molar-refractivity contribution in [3.8, 4) is 0 Å². The molecule has 0 aliphatic carbocycles. The lowest BCUT2D eigenvalue weighted by molar-refractivity contribution is -0.161. The minimum atomic E-state index is -5.00. The van der Waals surface area contributed by atoms with E-state index in [0.29, 0.717) is 32.1 Å². The molecule has 0 fully saturated rings. The van der Waals surface area contributed by atoms with E-state index >= 15 is 0 Å². The molecule has 106 heavy (non-hydrogen) atoms. The minimum absolute atomic E-state index is 0.0461. The van der Waals surface area contributed by atoms with E-state index in [1.54, 1.807) is 0 Å². The molecule has 0 amide bonds. The fourth-order valence-corrected chi connectivity index (χ4v) is 11.8. The average molecular weight is 1520 g/mol. The molecule has 0 aromatic rings. The molecule has 0 aromatic carbocycles. The standard InChI is InChI=1S/C87H144O17P2/c1-5-9-13-17-21-25-29-33-37-39-40-42-46-50-54-58-62-66-70-74-87(92)104-83(77-97-84(89)71-67-63-59-55-51-47-43-35-31-27-23-19-15-11-7-3)80-102-106(95,96)100-76-81(88)75-99-105(93,94)101-79-82(103-86(91)73-69-65-61-57-53-49-44-36-32-28-24-20-16-12-8-4)78-98-85(90)72-68-64-60-56-52-48-45-41-38-34-30-26-22-18-14-10-6-2/h9,13,21-28,33-38,40,42-45,48,50,54,56,60,81-83,88H,5-8,10-12,14-20,29-32,39,41,46-47,49,51-53,55,57-59,61-80H2,1-4H3,(H,93,94)(H,95,96)/b13-9-,25-21-,26-22-,27-23-,28-24-,37-33-,38-34-,42-40-,43-35-,44-36-,48-45-,54-50-,60-56-/t81-,82-,83-/m1/s1. The summed E-state index contributed by atoms with van der Waals surface area (Å²) in [6.07, 6.45) is 90.8. The Kier molecular flexibility index (Phi) is 73.9. The molecule has 0 saturated carbocycles. The summed E-state index contributed by atoms with van der Waals surface area (Å²) in [5.41, 5.74) is 0. The Balaban J connectivity index is 5.49. The van der Waals surface area contributed by atoms with Crippen LogP contribution in [-0.4, -0.2) is 96.7 Å². The molecular weight excluding hydrogens is 1380 g/mol. The number of phosphoric acid groups is 2. The molecule has 19 heteroatoms. The Morgan fingerprint density at radius 3 is 0.802 bits per heavy atom. The number of rotatable bonds is 75. The molecule has 0 bridgehead atoms. The summed E-state index contributed by atoms with van der Waals surface area (Å²) < 4.78 is 68.6. The number of aliphatic hydroxyl groups excluding tert-OH is 1. The molecule has 0 aliphatic heterocycles. The van der Waals surface area contributed by atoms with Crippen LogP contribution < -0.4 is 0 Å². The van der Waals surface area contributed by atoms with Crippen LogP contribution in [0.2, 0.25) is 0 Å².